The van der Waals surface area contributed by atoms with Gasteiger partial charge in [0, 0.05) is 17.3 Å². The van der Waals surface area contributed by atoms with Gasteiger partial charge in [-0.1, -0.05) is 18.5 Å². The van der Waals surface area contributed by atoms with E-state index < -0.39 is 16.1 Å². The monoisotopic (exact) mass is 370 g/mol. The predicted octanol–water partition coefficient (Wildman–Crippen LogP) is 2.12. The summed E-state index contributed by atoms with van der Waals surface area (Å²) in [6.45, 7) is 1.98. The van der Waals surface area contributed by atoms with Crippen molar-refractivity contribution in [2.75, 3.05) is 12.3 Å². The zero-order valence-electron chi connectivity index (χ0n) is 10.4. The maximum absolute atomic E-state index is 12.1. The van der Waals surface area contributed by atoms with Gasteiger partial charge in [-0.05, 0) is 40.9 Å². The number of hydrogen-bond acceptors (Lipinski definition) is 4. The van der Waals surface area contributed by atoms with Gasteiger partial charge in [-0.25, -0.2) is 13.1 Å². The minimum atomic E-state index is -3.71. The lowest BCUT2D eigenvalue weighted by Gasteiger charge is -2.12. The molecule has 8 heteroatoms. The van der Waals surface area contributed by atoms with E-state index >= 15 is 0 Å². The number of anilines is 1. The molecule has 1 aromatic carbocycles. The quantitative estimate of drug-likeness (QED) is 0.668. The van der Waals surface area contributed by atoms with Gasteiger partial charge < -0.3 is 10.8 Å². The average molecular weight is 372 g/mol. The summed E-state index contributed by atoms with van der Waals surface area (Å²) in [5, 5.41) is 9.63. The molecule has 0 amide bonds. The Balaban J connectivity index is 2.89. The molecule has 0 bridgehead atoms. The second kappa shape index (κ2) is 6.90. The van der Waals surface area contributed by atoms with E-state index in [2.05, 4.69) is 20.7 Å². The Labute approximate surface area is 126 Å². The Bertz CT molecular complexity index is 551. The van der Waals surface area contributed by atoms with Crippen LogP contribution < -0.4 is 10.5 Å². The topological polar surface area (TPSA) is 92.4 Å². The van der Waals surface area contributed by atoms with E-state index in [1.807, 2.05) is 6.92 Å². The third-order valence-electron chi connectivity index (χ3n) is 2.56. The highest BCUT2D eigenvalue weighted by Crippen LogP contribution is 2.31. The molecule has 108 valence electrons. The third kappa shape index (κ3) is 4.61. The Kier molecular flexibility index (Phi) is 6.07. The SMILES string of the molecule is CCC(O)CCNS(=O)(=O)c1cc(Cl)cc(N)c1Br. The number of rotatable bonds is 6. The molecule has 0 saturated carbocycles. The maximum atomic E-state index is 12.1. The van der Waals surface area contributed by atoms with E-state index in [1.165, 1.54) is 12.1 Å². The second-order valence-corrected chi connectivity index (χ2v) is 7.02. The molecule has 0 aromatic heterocycles. The molecule has 5 nitrogen and oxygen atoms in total. The van der Waals surface area contributed by atoms with E-state index in [9.17, 15) is 13.5 Å². The summed E-state index contributed by atoms with van der Waals surface area (Å²) in [6.07, 6.45) is 0.412. The van der Waals surface area contributed by atoms with Crippen LogP contribution >= 0.6 is 27.5 Å². The highest BCUT2D eigenvalue weighted by molar-refractivity contribution is 9.10. The van der Waals surface area contributed by atoms with E-state index in [-0.39, 0.29) is 26.6 Å². The van der Waals surface area contributed by atoms with Gasteiger partial charge >= 0.3 is 0 Å². The van der Waals surface area contributed by atoms with Gasteiger partial charge in [0.25, 0.3) is 0 Å². The first-order valence-electron chi connectivity index (χ1n) is 5.70. The van der Waals surface area contributed by atoms with E-state index in [0.29, 0.717) is 12.8 Å². The molecule has 0 radical (unpaired) electrons. The van der Waals surface area contributed by atoms with Crippen LogP contribution in [0.5, 0.6) is 0 Å². The first-order chi connectivity index (χ1) is 8.77. The summed E-state index contributed by atoms with van der Waals surface area (Å²) in [7, 11) is -3.71. The van der Waals surface area contributed by atoms with Gasteiger partial charge in [0.05, 0.1) is 15.5 Å². The highest BCUT2D eigenvalue weighted by Gasteiger charge is 2.20. The van der Waals surface area contributed by atoms with Gasteiger partial charge in [-0.2, -0.15) is 0 Å². The number of nitrogens with two attached hydrogens (primary N) is 1. The molecule has 0 saturated heterocycles. The molecule has 0 aliphatic carbocycles. The summed E-state index contributed by atoms with van der Waals surface area (Å²) in [5.74, 6) is 0. The lowest BCUT2D eigenvalue weighted by Crippen LogP contribution is -2.27. The molecule has 1 rings (SSSR count). The number of sulfonamides is 1. The summed E-state index contributed by atoms with van der Waals surface area (Å²) in [5.41, 5.74) is 5.90. The molecule has 1 atom stereocenters. The summed E-state index contributed by atoms with van der Waals surface area (Å²) in [4.78, 5) is -0.0107. The van der Waals surface area contributed by atoms with Crippen LogP contribution in [0.3, 0.4) is 0 Å². The van der Waals surface area contributed by atoms with Crippen molar-refractivity contribution in [3.8, 4) is 0 Å². The molecular formula is C11H16BrClN2O3S. The molecule has 19 heavy (non-hydrogen) atoms. The van der Waals surface area contributed by atoms with E-state index in [0.717, 1.165) is 0 Å². The largest absolute Gasteiger partial charge is 0.398 e. The molecule has 1 unspecified atom stereocenters. The van der Waals surface area contributed by atoms with Crippen molar-refractivity contribution in [1.29, 1.82) is 0 Å². The van der Waals surface area contributed by atoms with Crippen LogP contribution in [0.4, 0.5) is 5.69 Å². The predicted molar refractivity (Wildman–Crippen MR) is 79.7 cm³/mol. The lowest BCUT2D eigenvalue weighted by atomic mass is 10.2. The molecule has 0 spiro atoms. The fourth-order valence-corrected chi connectivity index (χ4v) is 3.76. The molecule has 4 N–H and O–H groups in total. The molecule has 0 aliphatic heterocycles. The normalized spacial score (nSPS) is 13.5. The van der Waals surface area contributed by atoms with Gasteiger partial charge in [0.2, 0.25) is 10.0 Å². The average Bonchev–Trinajstić information content (AvgIpc) is 2.33. The maximum Gasteiger partial charge on any atom is 0.241 e. The second-order valence-electron chi connectivity index (χ2n) is 4.06. The smallest absolute Gasteiger partial charge is 0.241 e. The first-order valence-corrected chi connectivity index (χ1v) is 8.35. The van der Waals surface area contributed by atoms with E-state index in [4.69, 9.17) is 17.3 Å². The molecular weight excluding hydrogens is 356 g/mol. The minimum Gasteiger partial charge on any atom is -0.398 e. The zero-order chi connectivity index (χ0) is 14.6. The fourth-order valence-electron chi connectivity index (χ4n) is 1.42. The van der Waals surface area contributed by atoms with Crippen LogP contribution in [0.15, 0.2) is 21.5 Å². The van der Waals surface area contributed by atoms with Gasteiger partial charge in [-0.15, -0.1) is 0 Å². The van der Waals surface area contributed by atoms with Crippen molar-refractivity contribution < 1.29 is 13.5 Å². The van der Waals surface area contributed by atoms with Crippen molar-refractivity contribution >= 4 is 43.2 Å². The van der Waals surface area contributed by atoms with Crippen LogP contribution in [-0.2, 0) is 10.0 Å². The number of nitrogens with one attached hydrogen (secondary N) is 1. The molecule has 0 fully saturated rings. The van der Waals surface area contributed by atoms with Crippen LogP contribution in [0, 0.1) is 0 Å². The number of hydrogen-bond donors (Lipinski definition) is 3. The standard InChI is InChI=1S/C11H16BrClN2O3S/c1-2-8(16)3-4-15-19(17,18)10-6-7(13)5-9(14)11(10)12/h5-6,8,15-16H,2-4,14H2,1H3. The summed E-state index contributed by atoms with van der Waals surface area (Å²) >= 11 is 8.93. The Morgan fingerprint density at radius 1 is 1.53 bits per heavy atom. The summed E-state index contributed by atoms with van der Waals surface area (Å²) in [6, 6.07) is 2.78. The van der Waals surface area contributed by atoms with Crippen molar-refractivity contribution in [3.63, 3.8) is 0 Å². The van der Waals surface area contributed by atoms with Crippen molar-refractivity contribution in [2.24, 2.45) is 0 Å². The molecule has 1 aromatic rings. The highest BCUT2D eigenvalue weighted by atomic mass is 79.9. The summed E-state index contributed by atoms with van der Waals surface area (Å²) < 4.78 is 26.9. The fraction of sp³-hybridized carbons (Fsp3) is 0.455. The minimum absolute atomic E-state index is 0.0107. The third-order valence-corrected chi connectivity index (χ3v) is 5.41. The van der Waals surface area contributed by atoms with Crippen LogP contribution in [0.1, 0.15) is 19.8 Å². The van der Waals surface area contributed by atoms with Crippen molar-refractivity contribution in [2.45, 2.75) is 30.8 Å². The number of halogens is 2. The van der Waals surface area contributed by atoms with E-state index in [1.54, 1.807) is 0 Å². The van der Waals surface area contributed by atoms with Gasteiger partial charge in [-0.3, -0.25) is 0 Å². The number of aliphatic hydroxyl groups is 1. The number of nitrogen functional groups attached to an aromatic ring is 1. The number of aliphatic hydroxyl groups excluding tert-OH is 1. The lowest BCUT2D eigenvalue weighted by molar-refractivity contribution is 0.162. The zero-order valence-corrected chi connectivity index (χ0v) is 13.5. The van der Waals surface area contributed by atoms with Crippen molar-refractivity contribution in [3.05, 3.63) is 21.6 Å². The van der Waals surface area contributed by atoms with Gasteiger partial charge in [0.15, 0.2) is 0 Å². The first kappa shape index (κ1) is 16.7. The van der Waals surface area contributed by atoms with Crippen molar-refractivity contribution in [1.82, 2.24) is 4.72 Å². The van der Waals surface area contributed by atoms with Crippen LogP contribution in [0.2, 0.25) is 5.02 Å². The Morgan fingerprint density at radius 2 is 2.16 bits per heavy atom. The Hall–Kier alpha value is -0.340. The van der Waals surface area contributed by atoms with Crippen LogP contribution in [0.25, 0.3) is 0 Å². The van der Waals surface area contributed by atoms with Crippen LogP contribution in [-0.4, -0.2) is 26.2 Å². The molecule has 0 aliphatic rings. The Morgan fingerprint density at radius 3 is 2.74 bits per heavy atom. The molecule has 0 heterocycles. The number of benzene rings is 1. The van der Waals surface area contributed by atoms with Gasteiger partial charge in [0.1, 0.15) is 0 Å².